The summed E-state index contributed by atoms with van der Waals surface area (Å²) in [6.45, 7) is 8.00. The van der Waals surface area contributed by atoms with Gasteiger partial charge < -0.3 is 19.5 Å². The summed E-state index contributed by atoms with van der Waals surface area (Å²) in [4.78, 5) is 6.69. The quantitative estimate of drug-likeness (QED) is 0.259. The lowest BCUT2D eigenvalue weighted by molar-refractivity contribution is 0.195. The first-order valence-corrected chi connectivity index (χ1v) is 10.4. The first-order chi connectivity index (χ1) is 12.2. The van der Waals surface area contributed by atoms with Crippen molar-refractivity contribution >= 4 is 39.8 Å². The van der Waals surface area contributed by atoms with E-state index in [1.807, 2.05) is 23.4 Å². The van der Waals surface area contributed by atoms with E-state index in [0.29, 0.717) is 38.7 Å². The van der Waals surface area contributed by atoms with E-state index in [1.54, 1.807) is 21.0 Å². The molecule has 2 rings (SSSR count). The Balaban J connectivity index is 0.00000364. The number of ether oxygens (including phenoxy) is 1. The molecule has 27 heavy (non-hydrogen) atoms. The van der Waals surface area contributed by atoms with E-state index < -0.39 is 14.6 Å². The fraction of sp³-hybridized carbons (Fsp3) is 0.812. The molecule has 1 aliphatic heterocycles. The van der Waals surface area contributed by atoms with Crippen LogP contribution in [-0.4, -0.2) is 77.9 Å². The molecule has 1 N–H and O–H groups in total. The zero-order valence-electron chi connectivity index (χ0n) is 16.7. The van der Waals surface area contributed by atoms with Crippen molar-refractivity contribution in [2.45, 2.75) is 38.5 Å². The van der Waals surface area contributed by atoms with Crippen LogP contribution in [0.5, 0.6) is 0 Å². The van der Waals surface area contributed by atoms with Crippen molar-refractivity contribution in [2.75, 3.05) is 39.1 Å². The minimum atomic E-state index is -3.10. The van der Waals surface area contributed by atoms with Crippen molar-refractivity contribution in [3.63, 3.8) is 0 Å². The molecule has 0 spiro atoms. The highest BCUT2D eigenvalue weighted by Gasteiger charge is 2.41. The number of rotatable bonds is 6. The first-order valence-electron chi connectivity index (χ1n) is 8.77. The summed E-state index contributed by atoms with van der Waals surface area (Å²) in [5.74, 6) is 2.42. The highest BCUT2D eigenvalue weighted by atomic mass is 127. The minimum Gasteiger partial charge on any atom is -0.385 e. The van der Waals surface area contributed by atoms with Crippen LogP contribution in [0.2, 0.25) is 0 Å². The molecule has 0 unspecified atom stereocenters. The van der Waals surface area contributed by atoms with Crippen LogP contribution in [0.25, 0.3) is 0 Å². The molecule has 0 saturated carbocycles. The molecule has 0 radical (unpaired) electrons. The predicted octanol–water partition coefficient (Wildman–Crippen LogP) is 0.733. The van der Waals surface area contributed by atoms with Crippen LogP contribution < -0.4 is 5.32 Å². The van der Waals surface area contributed by atoms with E-state index in [-0.39, 0.29) is 29.7 Å². The summed E-state index contributed by atoms with van der Waals surface area (Å²) in [5, 5.41) is 11.5. The molecular formula is C16H31IN6O3S. The van der Waals surface area contributed by atoms with E-state index in [0.717, 1.165) is 18.1 Å². The second kappa shape index (κ2) is 10.0. The summed E-state index contributed by atoms with van der Waals surface area (Å²) in [6.07, 6.45) is 0.841. The standard InChI is InChI=1S/C16H30N6O3S.HI/c1-13-19-20-14(21(13)4)11-18-15(17-7-6-9-25-5)22-8-10-26(23,24)16(2,3)12-22;/h6-12H2,1-5H3,(H,17,18);1H. The molecule has 156 valence electrons. The Morgan fingerprint density at radius 3 is 2.63 bits per heavy atom. The van der Waals surface area contributed by atoms with Gasteiger partial charge in [0.05, 0.1) is 10.5 Å². The zero-order valence-corrected chi connectivity index (χ0v) is 19.9. The monoisotopic (exact) mass is 514 g/mol. The van der Waals surface area contributed by atoms with Crippen LogP contribution in [0.4, 0.5) is 0 Å². The first kappa shape index (κ1) is 24.1. The number of aromatic nitrogens is 3. The summed E-state index contributed by atoms with van der Waals surface area (Å²) >= 11 is 0. The van der Waals surface area contributed by atoms with E-state index in [2.05, 4.69) is 20.5 Å². The Morgan fingerprint density at radius 1 is 1.37 bits per heavy atom. The van der Waals surface area contributed by atoms with Gasteiger partial charge in [0.25, 0.3) is 0 Å². The van der Waals surface area contributed by atoms with Crippen molar-refractivity contribution in [2.24, 2.45) is 12.0 Å². The SMILES string of the molecule is COCCCNC(=NCc1nnc(C)n1C)N1CCS(=O)(=O)C(C)(C)C1.I. The van der Waals surface area contributed by atoms with E-state index in [9.17, 15) is 8.42 Å². The average molecular weight is 514 g/mol. The molecule has 9 nitrogen and oxygen atoms in total. The second-order valence-corrected chi connectivity index (χ2v) is 9.88. The second-order valence-electron chi connectivity index (χ2n) is 7.14. The van der Waals surface area contributed by atoms with Crippen LogP contribution in [0.1, 0.15) is 31.9 Å². The number of nitrogens with one attached hydrogen (secondary N) is 1. The minimum absolute atomic E-state index is 0. The predicted molar refractivity (Wildman–Crippen MR) is 116 cm³/mol. The molecule has 1 aliphatic rings. The van der Waals surface area contributed by atoms with Gasteiger partial charge >= 0.3 is 0 Å². The van der Waals surface area contributed by atoms with Crippen molar-refractivity contribution < 1.29 is 13.2 Å². The molecule has 0 aromatic carbocycles. The normalized spacial score (nSPS) is 18.9. The van der Waals surface area contributed by atoms with Gasteiger partial charge in [-0.2, -0.15) is 0 Å². The molecule has 0 amide bonds. The molecule has 0 atom stereocenters. The van der Waals surface area contributed by atoms with Crippen LogP contribution in [0.15, 0.2) is 4.99 Å². The maximum absolute atomic E-state index is 12.3. The number of aryl methyl sites for hydroxylation is 1. The molecule has 0 aliphatic carbocycles. The smallest absolute Gasteiger partial charge is 0.194 e. The summed E-state index contributed by atoms with van der Waals surface area (Å²) < 4.78 is 30.7. The molecule has 1 fully saturated rings. The van der Waals surface area contributed by atoms with Gasteiger partial charge in [-0.25, -0.2) is 13.4 Å². The number of guanidine groups is 1. The molecular weight excluding hydrogens is 483 g/mol. The number of hydrogen-bond acceptors (Lipinski definition) is 6. The maximum atomic E-state index is 12.3. The Hall–Kier alpha value is -0.950. The van der Waals surface area contributed by atoms with E-state index in [4.69, 9.17) is 4.74 Å². The van der Waals surface area contributed by atoms with Crippen LogP contribution in [0.3, 0.4) is 0 Å². The fourth-order valence-corrected chi connectivity index (χ4v) is 4.11. The van der Waals surface area contributed by atoms with Gasteiger partial charge in [-0.1, -0.05) is 0 Å². The Labute approximate surface area is 178 Å². The van der Waals surface area contributed by atoms with Crippen molar-refractivity contribution in [1.29, 1.82) is 0 Å². The fourth-order valence-electron chi connectivity index (χ4n) is 2.74. The molecule has 1 aromatic rings. The summed E-state index contributed by atoms with van der Waals surface area (Å²) in [6, 6.07) is 0. The van der Waals surface area contributed by atoms with Gasteiger partial charge in [0, 0.05) is 40.4 Å². The zero-order chi connectivity index (χ0) is 19.4. The Morgan fingerprint density at radius 2 is 2.07 bits per heavy atom. The molecule has 1 saturated heterocycles. The average Bonchev–Trinajstić information content (AvgIpc) is 2.89. The van der Waals surface area contributed by atoms with Gasteiger partial charge in [-0.15, -0.1) is 34.2 Å². The third-order valence-electron chi connectivity index (χ3n) is 4.70. The number of methoxy groups -OCH3 is 1. The largest absolute Gasteiger partial charge is 0.385 e. The summed E-state index contributed by atoms with van der Waals surface area (Å²) in [7, 11) is 0.477. The Bertz CT molecular complexity index is 747. The van der Waals surface area contributed by atoms with Gasteiger partial charge in [-0.3, -0.25) is 0 Å². The van der Waals surface area contributed by atoms with Crippen LogP contribution >= 0.6 is 24.0 Å². The number of aliphatic imine (C=N–C) groups is 1. The van der Waals surface area contributed by atoms with Crippen molar-refractivity contribution in [3.8, 4) is 0 Å². The van der Waals surface area contributed by atoms with Crippen molar-refractivity contribution in [1.82, 2.24) is 25.0 Å². The van der Waals surface area contributed by atoms with Gasteiger partial charge in [0.1, 0.15) is 12.4 Å². The van der Waals surface area contributed by atoms with E-state index >= 15 is 0 Å². The van der Waals surface area contributed by atoms with Gasteiger partial charge in [-0.05, 0) is 27.2 Å². The van der Waals surface area contributed by atoms with Gasteiger partial charge in [0.2, 0.25) is 0 Å². The Kier molecular flexibility index (Phi) is 8.93. The maximum Gasteiger partial charge on any atom is 0.194 e. The van der Waals surface area contributed by atoms with Crippen molar-refractivity contribution in [3.05, 3.63) is 11.6 Å². The van der Waals surface area contributed by atoms with Crippen LogP contribution in [0, 0.1) is 6.92 Å². The third-order valence-corrected chi connectivity index (χ3v) is 7.24. The summed E-state index contributed by atoms with van der Waals surface area (Å²) in [5.41, 5.74) is 0. The topological polar surface area (TPSA) is 102 Å². The highest BCUT2D eigenvalue weighted by Crippen LogP contribution is 2.23. The number of halogens is 1. The molecule has 1 aromatic heterocycles. The lowest BCUT2D eigenvalue weighted by Gasteiger charge is -2.39. The number of sulfone groups is 1. The highest BCUT2D eigenvalue weighted by molar-refractivity contribution is 14.0. The number of hydrogen-bond donors (Lipinski definition) is 1. The lowest BCUT2D eigenvalue weighted by Crippen LogP contribution is -2.57. The lowest BCUT2D eigenvalue weighted by atomic mass is 10.2. The molecule has 2 heterocycles. The third kappa shape index (κ3) is 6.01. The number of nitrogens with zero attached hydrogens (tertiary/aromatic N) is 5. The molecule has 11 heteroatoms. The molecule has 0 bridgehead atoms. The van der Waals surface area contributed by atoms with Crippen LogP contribution in [-0.2, 0) is 28.2 Å². The van der Waals surface area contributed by atoms with Gasteiger partial charge in [0.15, 0.2) is 21.6 Å². The van der Waals surface area contributed by atoms with E-state index in [1.165, 1.54) is 0 Å².